The Hall–Kier alpha value is -3.09. The number of benzene rings is 2. The van der Waals surface area contributed by atoms with Gasteiger partial charge in [0.15, 0.2) is 0 Å². The molecule has 0 unspecified atom stereocenters. The van der Waals surface area contributed by atoms with E-state index in [0.29, 0.717) is 24.0 Å². The number of hydrogen-bond acceptors (Lipinski definition) is 3. The summed E-state index contributed by atoms with van der Waals surface area (Å²) in [6.07, 6.45) is 0.634. The maximum Gasteiger partial charge on any atom is 0.323 e. The van der Waals surface area contributed by atoms with Gasteiger partial charge in [0.25, 0.3) is 0 Å². The van der Waals surface area contributed by atoms with E-state index in [4.69, 9.17) is 0 Å². The van der Waals surface area contributed by atoms with Crippen molar-refractivity contribution in [3.8, 4) is 0 Å². The van der Waals surface area contributed by atoms with E-state index in [2.05, 4.69) is 20.6 Å². The Morgan fingerprint density at radius 3 is 2.60 bits per heavy atom. The van der Waals surface area contributed by atoms with Gasteiger partial charge in [0.05, 0.1) is 11.0 Å². The molecule has 0 saturated heterocycles. The molecular weight excluding hydrogens is 323 g/mol. The minimum absolute atomic E-state index is 0.134. The van der Waals surface area contributed by atoms with Gasteiger partial charge in [-0.3, -0.25) is 4.79 Å². The normalized spacial score (nSPS) is 12.1. The van der Waals surface area contributed by atoms with E-state index < -0.39 is 6.04 Å². The summed E-state index contributed by atoms with van der Waals surface area (Å²) in [4.78, 5) is 28.8. The number of amides is 1. The van der Waals surface area contributed by atoms with Crippen LogP contribution in [0.15, 0.2) is 47.3 Å². The number of carbonyl (C=O) groups is 1. The number of H-pyrrole nitrogens is 2. The second kappa shape index (κ2) is 7.21. The molecule has 25 heavy (non-hydrogen) atoms. The number of hydrogen-bond donors (Lipinski definition) is 4. The van der Waals surface area contributed by atoms with Crippen molar-refractivity contribution < 1.29 is 9.18 Å². The second-order valence-corrected chi connectivity index (χ2v) is 5.87. The smallest absolute Gasteiger partial charge is 0.323 e. The molecule has 1 aromatic heterocycles. The lowest BCUT2D eigenvalue weighted by Gasteiger charge is -2.15. The van der Waals surface area contributed by atoms with Crippen molar-refractivity contribution >= 4 is 22.6 Å². The zero-order valence-corrected chi connectivity index (χ0v) is 13.7. The molecule has 0 bridgehead atoms. The highest BCUT2D eigenvalue weighted by Gasteiger charge is 2.12. The molecule has 0 spiro atoms. The molecule has 1 amide bonds. The average Bonchev–Trinajstić information content (AvgIpc) is 2.95. The number of fused-ring (bicyclic) bond motifs is 1. The Kier molecular flexibility index (Phi) is 4.83. The predicted octanol–water partition coefficient (Wildman–Crippen LogP) is 2.15. The minimum Gasteiger partial charge on any atom is -0.374 e. The first-order valence-corrected chi connectivity index (χ1v) is 8.02. The molecule has 2 aromatic carbocycles. The Morgan fingerprint density at radius 2 is 1.84 bits per heavy atom. The van der Waals surface area contributed by atoms with E-state index in [1.165, 1.54) is 12.1 Å². The summed E-state index contributed by atoms with van der Waals surface area (Å²) in [5, 5.41) is 5.95. The highest BCUT2D eigenvalue weighted by molar-refractivity contribution is 5.85. The van der Waals surface area contributed by atoms with Crippen LogP contribution in [0, 0.1) is 5.82 Å². The van der Waals surface area contributed by atoms with Crippen LogP contribution in [0.1, 0.15) is 12.5 Å². The first kappa shape index (κ1) is 16.8. The largest absolute Gasteiger partial charge is 0.374 e. The van der Waals surface area contributed by atoms with Gasteiger partial charge in [0.2, 0.25) is 5.91 Å². The van der Waals surface area contributed by atoms with Gasteiger partial charge < -0.3 is 20.6 Å². The molecular formula is C18H19FN4O2. The molecule has 0 aliphatic rings. The van der Waals surface area contributed by atoms with E-state index in [1.807, 2.05) is 0 Å². The van der Waals surface area contributed by atoms with E-state index >= 15 is 0 Å². The summed E-state index contributed by atoms with van der Waals surface area (Å²) in [7, 11) is 0. The highest BCUT2D eigenvalue weighted by Crippen LogP contribution is 2.15. The monoisotopic (exact) mass is 342 g/mol. The SMILES string of the molecule is C[C@H](Nc1ccc2[nH]c(=O)[nH]c2c1)C(=O)NCCc1ccc(F)cc1. The third-order valence-corrected chi connectivity index (χ3v) is 3.92. The van der Waals surface area contributed by atoms with Crippen molar-refractivity contribution in [2.24, 2.45) is 0 Å². The summed E-state index contributed by atoms with van der Waals surface area (Å²) >= 11 is 0. The summed E-state index contributed by atoms with van der Waals surface area (Å²) < 4.78 is 12.8. The lowest BCUT2D eigenvalue weighted by molar-refractivity contribution is -0.121. The molecule has 0 fully saturated rings. The Balaban J connectivity index is 1.52. The molecule has 1 atom stereocenters. The van der Waals surface area contributed by atoms with Crippen LogP contribution in [0.4, 0.5) is 10.1 Å². The van der Waals surface area contributed by atoms with Gasteiger partial charge in [-0.1, -0.05) is 12.1 Å². The maximum atomic E-state index is 12.8. The van der Waals surface area contributed by atoms with Gasteiger partial charge in [0, 0.05) is 12.2 Å². The molecule has 4 N–H and O–H groups in total. The summed E-state index contributed by atoms with van der Waals surface area (Å²) in [5.74, 6) is -0.406. The number of imidazole rings is 1. The zero-order valence-electron chi connectivity index (χ0n) is 13.7. The van der Waals surface area contributed by atoms with Gasteiger partial charge in [0.1, 0.15) is 11.9 Å². The maximum absolute atomic E-state index is 12.8. The number of carbonyl (C=O) groups excluding carboxylic acids is 1. The van der Waals surface area contributed by atoms with Gasteiger partial charge in [-0.05, 0) is 49.2 Å². The fourth-order valence-electron chi connectivity index (χ4n) is 2.57. The van der Waals surface area contributed by atoms with Gasteiger partial charge in [-0.25, -0.2) is 9.18 Å². The molecule has 3 aromatic rings. The number of anilines is 1. The number of rotatable bonds is 6. The number of nitrogens with one attached hydrogen (secondary N) is 4. The molecule has 6 nitrogen and oxygen atoms in total. The molecule has 0 radical (unpaired) electrons. The quantitative estimate of drug-likeness (QED) is 0.553. The number of halogens is 1. The standard InChI is InChI=1S/C18H19FN4O2/c1-11(17(24)20-9-8-12-2-4-13(19)5-3-12)21-14-6-7-15-16(10-14)23-18(25)22-15/h2-7,10-11,21H,8-9H2,1H3,(H,20,24)(H2,22,23,25)/t11-/m0/s1. The van der Waals surface area contributed by atoms with Crippen molar-refractivity contribution in [2.45, 2.75) is 19.4 Å². The topological polar surface area (TPSA) is 89.8 Å². The van der Waals surface area contributed by atoms with E-state index in [1.54, 1.807) is 37.3 Å². The van der Waals surface area contributed by atoms with Crippen molar-refractivity contribution in [3.05, 3.63) is 64.3 Å². The number of aromatic nitrogens is 2. The van der Waals surface area contributed by atoms with Gasteiger partial charge in [-0.2, -0.15) is 0 Å². The molecule has 3 rings (SSSR count). The van der Waals surface area contributed by atoms with Gasteiger partial charge >= 0.3 is 5.69 Å². The lowest BCUT2D eigenvalue weighted by Crippen LogP contribution is -2.38. The molecule has 0 saturated carbocycles. The minimum atomic E-state index is -0.434. The molecule has 7 heteroatoms. The lowest BCUT2D eigenvalue weighted by atomic mass is 10.1. The van der Waals surface area contributed by atoms with Crippen LogP contribution >= 0.6 is 0 Å². The first-order valence-electron chi connectivity index (χ1n) is 8.02. The number of aromatic amines is 2. The van der Waals surface area contributed by atoms with E-state index in [0.717, 1.165) is 11.3 Å². The third-order valence-electron chi connectivity index (χ3n) is 3.92. The van der Waals surface area contributed by atoms with Crippen LogP contribution in [-0.4, -0.2) is 28.5 Å². The van der Waals surface area contributed by atoms with Gasteiger partial charge in [-0.15, -0.1) is 0 Å². The third kappa shape index (κ3) is 4.26. The Morgan fingerprint density at radius 1 is 1.12 bits per heavy atom. The predicted molar refractivity (Wildman–Crippen MR) is 95.1 cm³/mol. The molecule has 0 aliphatic heterocycles. The molecule has 130 valence electrons. The summed E-state index contributed by atoms with van der Waals surface area (Å²) in [6.45, 7) is 2.23. The van der Waals surface area contributed by atoms with Crippen LogP contribution in [-0.2, 0) is 11.2 Å². The second-order valence-electron chi connectivity index (χ2n) is 5.87. The van der Waals surface area contributed by atoms with Crippen LogP contribution < -0.4 is 16.3 Å². The average molecular weight is 342 g/mol. The Labute approximate surface area is 143 Å². The van der Waals surface area contributed by atoms with Crippen LogP contribution in [0.3, 0.4) is 0 Å². The van der Waals surface area contributed by atoms with Crippen LogP contribution in [0.2, 0.25) is 0 Å². The van der Waals surface area contributed by atoms with Crippen molar-refractivity contribution in [2.75, 3.05) is 11.9 Å². The Bertz CT molecular complexity index is 930. The fraction of sp³-hybridized carbons (Fsp3) is 0.222. The van der Waals surface area contributed by atoms with Crippen molar-refractivity contribution in [1.29, 1.82) is 0 Å². The summed E-state index contributed by atoms with van der Waals surface area (Å²) in [6, 6.07) is 11.1. The zero-order chi connectivity index (χ0) is 17.8. The highest BCUT2D eigenvalue weighted by atomic mass is 19.1. The fourth-order valence-corrected chi connectivity index (χ4v) is 2.57. The van der Waals surface area contributed by atoms with Crippen LogP contribution in [0.25, 0.3) is 11.0 Å². The molecule has 1 heterocycles. The summed E-state index contributed by atoms with van der Waals surface area (Å²) in [5.41, 5.74) is 2.83. The molecule has 0 aliphatic carbocycles. The van der Waals surface area contributed by atoms with E-state index in [-0.39, 0.29) is 17.4 Å². The van der Waals surface area contributed by atoms with Crippen molar-refractivity contribution in [1.82, 2.24) is 15.3 Å². The van der Waals surface area contributed by atoms with E-state index in [9.17, 15) is 14.0 Å². The van der Waals surface area contributed by atoms with Crippen molar-refractivity contribution in [3.63, 3.8) is 0 Å². The first-order chi connectivity index (χ1) is 12.0. The van der Waals surface area contributed by atoms with Crippen LogP contribution in [0.5, 0.6) is 0 Å².